The lowest BCUT2D eigenvalue weighted by atomic mass is 10.1. The number of hydrogen-bond acceptors (Lipinski definition) is 5. The molecule has 0 aliphatic heterocycles. The number of nitro groups is 1. The van der Waals surface area contributed by atoms with Crippen molar-refractivity contribution in [2.24, 2.45) is 0 Å². The van der Waals surface area contributed by atoms with Gasteiger partial charge < -0.3 is 10.6 Å². The van der Waals surface area contributed by atoms with Crippen LogP contribution < -0.4 is 10.6 Å². The van der Waals surface area contributed by atoms with Crippen LogP contribution in [0.5, 0.6) is 0 Å². The van der Waals surface area contributed by atoms with Gasteiger partial charge >= 0.3 is 0 Å². The first-order chi connectivity index (χ1) is 9.83. The number of likely N-dealkylation sites (N-methyl/N-ethyl adjacent to an activating group) is 1. The van der Waals surface area contributed by atoms with Crippen LogP contribution in [0.2, 0.25) is 0 Å². The van der Waals surface area contributed by atoms with Gasteiger partial charge in [-0.05, 0) is 32.5 Å². The molecule has 1 aromatic rings. The molecule has 1 aromatic carbocycles. The summed E-state index contributed by atoms with van der Waals surface area (Å²) in [7, 11) is 3.56. The van der Waals surface area contributed by atoms with E-state index in [-0.39, 0.29) is 24.2 Å². The number of amides is 1. The first kappa shape index (κ1) is 16.9. The fourth-order valence-corrected chi connectivity index (χ4v) is 2.03. The lowest BCUT2D eigenvalue weighted by Crippen LogP contribution is -2.38. The van der Waals surface area contributed by atoms with Crippen molar-refractivity contribution >= 4 is 17.3 Å². The average Bonchev–Trinajstić information content (AvgIpc) is 2.37. The van der Waals surface area contributed by atoms with Crippen LogP contribution in [-0.2, 0) is 11.3 Å². The SMILES string of the molecule is CNc1ccc([N+](=O)[O-])cc1CN(C)CC(=O)NC(C)C. The van der Waals surface area contributed by atoms with E-state index in [4.69, 9.17) is 0 Å². The van der Waals surface area contributed by atoms with Crippen LogP contribution in [0.15, 0.2) is 18.2 Å². The highest BCUT2D eigenvalue weighted by atomic mass is 16.6. The van der Waals surface area contributed by atoms with Crippen LogP contribution in [0.4, 0.5) is 11.4 Å². The van der Waals surface area contributed by atoms with E-state index in [1.165, 1.54) is 12.1 Å². The van der Waals surface area contributed by atoms with E-state index in [1.807, 2.05) is 18.7 Å². The zero-order valence-corrected chi connectivity index (χ0v) is 12.8. The maximum Gasteiger partial charge on any atom is 0.269 e. The van der Waals surface area contributed by atoms with Gasteiger partial charge in [0.1, 0.15) is 0 Å². The Morgan fingerprint density at radius 1 is 1.43 bits per heavy atom. The van der Waals surface area contributed by atoms with Gasteiger partial charge in [0.05, 0.1) is 11.5 Å². The molecule has 0 aromatic heterocycles. The van der Waals surface area contributed by atoms with E-state index >= 15 is 0 Å². The minimum atomic E-state index is -0.422. The largest absolute Gasteiger partial charge is 0.388 e. The fourth-order valence-electron chi connectivity index (χ4n) is 2.03. The van der Waals surface area contributed by atoms with E-state index in [0.717, 1.165) is 11.3 Å². The minimum absolute atomic E-state index is 0.0454. The lowest BCUT2D eigenvalue weighted by molar-refractivity contribution is -0.384. The Morgan fingerprint density at radius 2 is 2.10 bits per heavy atom. The Labute approximate surface area is 124 Å². The Bertz CT molecular complexity index is 517. The molecule has 0 unspecified atom stereocenters. The van der Waals surface area contributed by atoms with Gasteiger partial charge in [0.15, 0.2) is 0 Å². The number of anilines is 1. The van der Waals surface area contributed by atoms with E-state index < -0.39 is 4.92 Å². The molecule has 0 spiro atoms. The van der Waals surface area contributed by atoms with Gasteiger partial charge in [-0.1, -0.05) is 0 Å². The van der Waals surface area contributed by atoms with Gasteiger partial charge in [0.25, 0.3) is 5.69 Å². The molecule has 7 heteroatoms. The molecule has 0 saturated carbocycles. The molecule has 0 fully saturated rings. The second-order valence-corrected chi connectivity index (χ2v) is 5.24. The standard InChI is InChI=1S/C14H22N4O3/c1-10(2)16-14(19)9-17(4)8-11-7-12(18(20)21)5-6-13(11)15-3/h5-7,10,15H,8-9H2,1-4H3,(H,16,19). The second-order valence-electron chi connectivity index (χ2n) is 5.24. The number of rotatable bonds is 7. The van der Waals surface area contributed by atoms with Crippen molar-refractivity contribution in [3.63, 3.8) is 0 Å². The highest BCUT2D eigenvalue weighted by Crippen LogP contribution is 2.22. The molecule has 116 valence electrons. The molecule has 0 saturated heterocycles. The van der Waals surface area contributed by atoms with E-state index in [1.54, 1.807) is 20.2 Å². The predicted molar refractivity (Wildman–Crippen MR) is 82.3 cm³/mol. The highest BCUT2D eigenvalue weighted by molar-refractivity contribution is 5.78. The zero-order chi connectivity index (χ0) is 16.0. The van der Waals surface area contributed by atoms with Gasteiger partial charge in [-0.3, -0.25) is 19.8 Å². The van der Waals surface area contributed by atoms with Crippen LogP contribution in [0.1, 0.15) is 19.4 Å². The number of benzene rings is 1. The summed E-state index contributed by atoms with van der Waals surface area (Å²) in [6.07, 6.45) is 0. The van der Waals surface area contributed by atoms with Crippen LogP contribution in [0.3, 0.4) is 0 Å². The third-order valence-corrected chi connectivity index (χ3v) is 2.87. The molecule has 0 aliphatic carbocycles. The van der Waals surface area contributed by atoms with Crippen LogP contribution in [-0.4, -0.2) is 42.4 Å². The van der Waals surface area contributed by atoms with Crippen molar-refractivity contribution < 1.29 is 9.72 Å². The van der Waals surface area contributed by atoms with Gasteiger partial charge in [-0.25, -0.2) is 0 Å². The molecular weight excluding hydrogens is 272 g/mol. The van der Waals surface area contributed by atoms with Crippen molar-refractivity contribution in [3.05, 3.63) is 33.9 Å². The number of nitro benzene ring substituents is 1. The summed E-state index contributed by atoms with van der Waals surface area (Å²) in [5.74, 6) is -0.0658. The summed E-state index contributed by atoms with van der Waals surface area (Å²) in [5.41, 5.74) is 1.65. The normalized spacial score (nSPS) is 10.8. The average molecular weight is 294 g/mol. The summed E-state index contributed by atoms with van der Waals surface area (Å²) >= 11 is 0. The van der Waals surface area contributed by atoms with Crippen molar-refractivity contribution in [1.29, 1.82) is 0 Å². The molecule has 0 bridgehead atoms. The van der Waals surface area contributed by atoms with Crippen LogP contribution >= 0.6 is 0 Å². The van der Waals surface area contributed by atoms with E-state index in [2.05, 4.69) is 10.6 Å². The van der Waals surface area contributed by atoms with Gasteiger partial charge in [-0.2, -0.15) is 0 Å². The summed E-state index contributed by atoms with van der Waals surface area (Å²) in [4.78, 5) is 23.9. The summed E-state index contributed by atoms with van der Waals surface area (Å²) in [6, 6.07) is 4.76. The fraction of sp³-hybridized carbons (Fsp3) is 0.500. The van der Waals surface area contributed by atoms with Crippen molar-refractivity contribution in [3.8, 4) is 0 Å². The van der Waals surface area contributed by atoms with Gasteiger partial charge in [-0.15, -0.1) is 0 Å². The third kappa shape index (κ3) is 5.39. The third-order valence-electron chi connectivity index (χ3n) is 2.87. The molecule has 0 radical (unpaired) electrons. The van der Waals surface area contributed by atoms with Gasteiger partial charge in [0, 0.05) is 37.5 Å². The van der Waals surface area contributed by atoms with Crippen molar-refractivity contribution in [2.45, 2.75) is 26.4 Å². The summed E-state index contributed by atoms with van der Waals surface area (Å²) in [5, 5.41) is 16.7. The minimum Gasteiger partial charge on any atom is -0.388 e. The van der Waals surface area contributed by atoms with Crippen LogP contribution in [0.25, 0.3) is 0 Å². The maximum absolute atomic E-state index is 11.7. The molecular formula is C14H22N4O3. The number of nitrogens with one attached hydrogen (secondary N) is 2. The maximum atomic E-state index is 11.7. The molecule has 7 nitrogen and oxygen atoms in total. The quantitative estimate of drug-likeness (QED) is 0.589. The summed E-state index contributed by atoms with van der Waals surface area (Å²) in [6.45, 7) is 4.49. The molecule has 1 rings (SSSR count). The van der Waals surface area contributed by atoms with E-state index in [0.29, 0.717) is 6.54 Å². The molecule has 21 heavy (non-hydrogen) atoms. The number of carbonyl (C=O) groups is 1. The monoisotopic (exact) mass is 294 g/mol. The number of carbonyl (C=O) groups excluding carboxylic acids is 1. The Balaban J connectivity index is 2.78. The summed E-state index contributed by atoms with van der Waals surface area (Å²) < 4.78 is 0. The van der Waals surface area contributed by atoms with Crippen molar-refractivity contribution in [1.82, 2.24) is 10.2 Å². The topological polar surface area (TPSA) is 87.5 Å². The second kappa shape index (κ2) is 7.58. The predicted octanol–water partition coefficient (Wildman–Crippen LogP) is 1.59. The smallest absolute Gasteiger partial charge is 0.269 e. The first-order valence-corrected chi connectivity index (χ1v) is 6.76. The molecule has 0 aliphatic rings. The Kier molecular flexibility index (Phi) is 6.10. The number of hydrogen-bond donors (Lipinski definition) is 2. The molecule has 2 N–H and O–H groups in total. The highest BCUT2D eigenvalue weighted by Gasteiger charge is 2.13. The number of nitrogens with zero attached hydrogens (tertiary/aromatic N) is 2. The lowest BCUT2D eigenvalue weighted by Gasteiger charge is -2.19. The Hall–Kier alpha value is -2.15. The first-order valence-electron chi connectivity index (χ1n) is 6.76. The van der Waals surface area contributed by atoms with Crippen LogP contribution in [0, 0.1) is 10.1 Å². The zero-order valence-electron chi connectivity index (χ0n) is 12.8. The Morgan fingerprint density at radius 3 is 2.62 bits per heavy atom. The van der Waals surface area contributed by atoms with Gasteiger partial charge in [0.2, 0.25) is 5.91 Å². The molecule has 0 atom stereocenters. The number of non-ortho nitro benzene ring substituents is 1. The van der Waals surface area contributed by atoms with E-state index in [9.17, 15) is 14.9 Å². The molecule has 0 heterocycles. The molecule has 1 amide bonds. The van der Waals surface area contributed by atoms with Crippen molar-refractivity contribution in [2.75, 3.05) is 26.0 Å².